The second kappa shape index (κ2) is 2.87. The first-order chi connectivity index (χ1) is 4.63. The summed E-state index contributed by atoms with van der Waals surface area (Å²) in [7, 11) is 1.68. The van der Waals surface area contributed by atoms with Gasteiger partial charge in [-0.2, -0.15) is 5.10 Å². The fraction of sp³-hybridized carbons (Fsp3) is 0.200. The van der Waals surface area contributed by atoms with Crippen LogP contribution in [0.15, 0.2) is 6.20 Å². The molecule has 0 aliphatic heterocycles. The highest BCUT2D eigenvalue weighted by molar-refractivity contribution is 14.1. The lowest BCUT2D eigenvalue weighted by Crippen LogP contribution is -2.02. The molecule has 54 valence electrons. The van der Waals surface area contributed by atoms with Gasteiger partial charge in [0, 0.05) is 7.05 Å². The van der Waals surface area contributed by atoms with E-state index in [0.717, 1.165) is 3.57 Å². The molecule has 1 aromatic rings. The van der Waals surface area contributed by atoms with Crippen molar-refractivity contribution in [3.05, 3.63) is 15.5 Å². The standard InChI is InChI=1S/C5H4ClIN2O/c1-9-4(5(6)10)3(7)2-8-9/h2H,1H3. The van der Waals surface area contributed by atoms with Crippen LogP contribution in [0.5, 0.6) is 0 Å². The molecule has 0 amide bonds. The van der Waals surface area contributed by atoms with Crippen LogP contribution in [0.25, 0.3) is 0 Å². The fourth-order valence-corrected chi connectivity index (χ4v) is 1.73. The molecule has 5 heteroatoms. The number of nitrogens with zero attached hydrogens (tertiary/aromatic N) is 2. The van der Waals surface area contributed by atoms with Gasteiger partial charge < -0.3 is 0 Å². The topological polar surface area (TPSA) is 34.9 Å². The molecular weight excluding hydrogens is 266 g/mol. The van der Waals surface area contributed by atoms with Crippen molar-refractivity contribution in [2.75, 3.05) is 0 Å². The third kappa shape index (κ3) is 1.32. The normalized spacial score (nSPS) is 9.90. The van der Waals surface area contributed by atoms with Crippen LogP contribution in [0.1, 0.15) is 10.5 Å². The predicted molar refractivity (Wildman–Crippen MR) is 46.1 cm³/mol. The molecule has 0 atom stereocenters. The smallest absolute Gasteiger partial charge is 0.271 e. The lowest BCUT2D eigenvalue weighted by molar-refractivity contribution is 0.107. The molecule has 0 saturated carbocycles. The molecule has 1 rings (SSSR count). The molecule has 0 N–H and O–H groups in total. The van der Waals surface area contributed by atoms with E-state index in [1.54, 1.807) is 13.2 Å². The Balaban J connectivity index is 3.23. The number of aromatic nitrogens is 2. The van der Waals surface area contributed by atoms with Crippen LogP contribution in [0.4, 0.5) is 0 Å². The fourth-order valence-electron chi connectivity index (χ4n) is 0.632. The number of carbonyl (C=O) groups excluding carboxylic acids is 1. The average Bonchev–Trinajstić information content (AvgIpc) is 2.11. The van der Waals surface area contributed by atoms with E-state index >= 15 is 0 Å². The Hall–Kier alpha value is -0.100. The summed E-state index contributed by atoms with van der Waals surface area (Å²) in [6.45, 7) is 0. The maximum absolute atomic E-state index is 10.6. The molecule has 0 unspecified atom stereocenters. The summed E-state index contributed by atoms with van der Waals surface area (Å²) in [5.41, 5.74) is 0.447. The summed E-state index contributed by atoms with van der Waals surface area (Å²) in [5, 5.41) is 3.37. The summed E-state index contributed by atoms with van der Waals surface area (Å²) in [6, 6.07) is 0. The maximum atomic E-state index is 10.6. The zero-order valence-corrected chi connectivity index (χ0v) is 8.05. The van der Waals surface area contributed by atoms with Crippen molar-refractivity contribution in [3.63, 3.8) is 0 Å². The van der Waals surface area contributed by atoms with Crippen molar-refractivity contribution >= 4 is 39.4 Å². The van der Waals surface area contributed by atoms with Gasteiger partial charge in [0.1, 0.15) is 5.69 Å². The Morgan fingerprint density at radius 1 is 1.90 bits per heavy atom. The molecule has 1 aromatic heterocycles. The number of halogens is 2. The lowest BCUT2D eigenvalue weighted by atomic mass is 10.5. The van der Waals surface area contributed by atoms with Gasteiger partial charge in [-0.05, 0) is 34.2 Å². The van der Waals surface area contributed by atoms with Crippen LogP contribution in [-0.4, -0.2) is 15.0 Å². The van der Waals surface area contributed by atoms with Crippen molar-refractivity contribution in [2.45, 2.75) is 0 Å². The Morgan fingerprint density at radius 3 is 2.70 bits per heavy atom. The van der Waals surface area contributed by atoms with Gasteiger partial charge in [-0.1, -0.05) is 0 Å². The second-order valence-electron chi connectivity index (χ2n) is 1.74. The maximum Gasteiger partial charge on any atom is 0.271 e. The molecule has 0 aliphatic rings. The number of hydrogen-bond acceptors (Lipinski definition) is 2. The van der Waals surface area contributed by atoms with E-state index in [9.17, 15) is 4.79 Å². The average molecular weight is 270 g/mol. The Labute approximate surface area is 76.5 Å². The van der Waals surface area contributed by atoms with Gasteiger partial charge in [-0.25, -0.2) is 0 Å². The van der Waals surface area contributed by atoms with Crippen LogP contribution < -0.4 is 0 Å². The molecule has 1 heterocycles. The van der Waals surface area contributed by atoms with Crippen molar-refractivity contribution < 1.29 is 4.79 Å². The van der Waals surface area contributed by atoms with E-state index in [0.29, 0.717) is 5.69 Å². The van der Waals surface area contributed by atoms with Crippen LogP contribution in [0.3, 0.4) is 0 Å². The number of aryl methyl sites for hydroxylation is 1. The zero-order chi connectivity index (χ0) is 7.72. The molecule has 3 nitrogen and oxygen atoms in total. The van der Waals surface area contributed by atoms with E-state index in [4.69, 9.17) is 11.6 Å². The van der Waals surface area contributed by atoms with Crippen molar-refractivity contribution in [3.8, 4) is 0 Å². The van der Waals surface area contributed by atoms with Gasteiger partial charge in [0.2, 0.25) is 0 Å². The SMILES string of the molecule is Cn1ncc(I)c1C(=O)Cl. The highest BCUT2D eigenvalue weighted by Gasteiger charge is 2.11. The monoisotopic (exact) mass is 270 g/mol. The van der Waals surface area contributed by atoms with E-state index in [1.165, 1.54) is 4.68 Å². The highest BCUT2D eigenvalue weighted by atomic mass is 127. The van der Waals surface area contributed by atoms with Gasteiger partial charge in [0.05, 0.1) is 9.77 Å². The third-order valence-corrected chi connectivity index (χ3v) is 2.05. The molecule has 0 spiro atoms. The number of rotatable bonds is 1. The molecule has 0 fully saturated rings. The quantitative estimate of drug-likeness (QED) is 0.571. The number of carbonyl (C=O) groups is 1. The minimum absolute atomic E-state index is 0.447. The largest absolute Gasteiger partial charge is 0.274 e. The molecule has 0 aliphatic carbocycles. The van der Waals surface area contributed by atoms with E-state index in [1.807, 2.05) is 22.6 Å². The predicted octanol–water partition coefficient (Wildman–Crippen LogP) is 1.40. The van der Waals surface area contributed by atoms with Crippen LogP contribution in [-0.2, 0) is 7.05 Å². The summed E-state index contributed by atoms with van der Waals surface area (Å²) in [5.74, 6) is 0. The summed E-state index contributed by atoms with van der Waals surface area (Å²) in [4.78, 5) is 10.6. The molecular formula is C5H4ClIN2O. The lowest BCUT2D eigenvalue weighted by Gasteiger charge is -1.92. The first kappa shape index (κ1) is 8.00. The minimum atomic E-state index is -0.468. The molecule has 0 aromatic carbocycles. The molecule has 10 heavy (non-hydrogen) atoms. The van der Waals surface area contributed by atoms with Gasteiger partial charge in [0.25, 0.3) is 5.24 Å². The Morgan fingerprint density at radius 2 is 2.50 bits per heavy atom. The van der Waals surface area contributed by atoms with Crippen LogP contribution in [0, 0.1) is 3.57 Å². The van der Waals surface area contributed by atoms with Crippen LogP contribution in [0.2, 0.25) is 0 Å². The second-order valence-corrected chi connectivity index (χ2v) is 3.24. The van der Waals surface area contributed by atoms with Gasteiger partial charge >= 0.3 is 0 Å². The van der Waals surface area contributed by atoms with Crippen molar-refractivity contribution in [1.82, 2.24) is 9.78 Å². The first-order valence-corrected chi connectivity index (χ1v) is 3.96. The van der Waals surface area contributed by atoms with E-state index < -0.39 is 5.24 Å². The minimum Gasteiger partial charge on any atom is -0.274 e. The highest BCUT2D eigenvalue weighted by Crippen LogP contribution is 2.12. The Kier molecular flexibility index (Phi) is 2.30. The summed E-state index contributed by atoms with van der Waals surface area (Å²) >= 11 is 7.26. The molecule has 0 bridgehead atoms. The van der Waals surface area contributed by atoms with Crippen molar-refractivity contribution in [2.24, 2.45) is 7.05 Å². The van der Waals surface area contributed by atoms with Gasteiger partial charge in [-0.3, -0.25) is 9.48 Å². The van der Waals surface area contributed by atoms with E-state index in [2.05, 4.69) is 5.10 Å². The van der Waals surface area contributed by atoms with Crippen LogP contribution >= 0.6 is 34.2 Å². The van der Waals surface area contributed by atoms with Crippen molar-refractivity contribution in [1.29, 1.82) is 0 Å². The summed E-state index contributed by atoms with van der Waals surface area (Å²) < 4.78 is 2.23. The molecule has 0 radical (unpaired) electrons. The zero-order valence-electron chi connectivity index (χ0n) is 5.14. The summed E-state index contributed by atoms with van der Waals surface area (Å²) in [6.07, 6.45) is 1.59. The third-order valence-electron chi connectivity index (χ3n) is 1.08. The molecule has 0 saturated heterocycles. The van der Waals surface area contributed by atoms with Gasteiger partial charge in [0.15, 0.2) is 0 Å². The van der Waals surface area contributed by atoms with E-state index in [-0.39, 0.29) is 0 Å². The van der Waals surface area contributed by atoms with Gasteiger partial charge in [-0.15, -0.1) is 0 Å². The Bertz CT molecular complexity index is 251. The first-order valence-electron chi connectivity index (χ1n) is 2.50. The number of hydrogen-bond donors (Lipinski definition) is 0.